The molecule has 0 radical (unpaired) electrons. The highest BCUT2D eigenvalue weighted by Crippen LogP contribution is 2.15. The van der Waals surface area contributed by atoms with Gasteiger partial charge in [0.2, 0.25) is 5.91 Å². The summed E-state index contributed by atoms with van der Waals surface area (Å²) in [5.41, 5.74) is 7.11. The third kappa shape index (κ3) is 5.84. The van der Waals surface area contributed by atoms with E-state index < -0.39 is 0 Å². The molecular weight excluding hydrogens is 270 g/mol. The van der Waals surface area contributed by atoms with Crippen molar-refractivity contribution in [2.24, 2.45) is 0 Å². The van der Waals surface area contributed by atoms with Crippen LogP contribution >= 0.6 is 11.8 Å². The summed E-state index contributed by atoms with van der Waals surface area (Å²) in [5.74, 6) is 1.01. The summed E-state index contributed by atoms with van der Waals surface area (Å²) in [6, 6.07) is 7.21. The van der Waals surface area contributed by atoms with Crippen LogP contribution < -0.4 is 11.1 Å². The van der Waals surface area contributed by atoms with Gasteiger partial charge >= 0.3 is 0 Å². The summed E-state index contributed by atoms with van der Waals surface area (Å²) < 4.78 is 0. The van der Waals surface area contributed by atoms with Gasteiger partial charge in [0.1, 0.15) is 0 Å². The molecule has 0 aliphatic rings. The SMILES string of the molecule is CCN(CC)CCSC(C)C(=O)Nc1ccc(N)cc1. The predicted molar refractivity (Wildman–Crippen MR) is 89.2 cm³/mol. The lowest BCUT2D eigenvalue weighted by molar-refractivity contribution is -0.115. The van der Waals surface area contributed by atoms with Crippen molar-refractivity contribution in [3.05, 3.63) is 24.3 Å². The molecule has 1 amide bonds. The molecule has 0 aliphatic carbocycles. The highest BCUT2D eigenvalue weighted by Gasteiger charge is 2.13. The van der Waals surface area contributed by atoms with Gasteiger partial charge in [-0.25, -0.2) is 0 Å². The van der Waals surface area contributed by atoms with Gasteiger partial charge in [0.05, 0.1) is 5.25 Å². The molecule has 0 spiro atoms. The van der Waals surface area contributed by atoms with Crippen molar-refractivity contribution in [3.8, 4) is 0 Å². The first-order chi connectivity index (χ1) is 9.56. The molecule has 20 heavy (non-hydrogen) atoms. The number of nitrogens with two attached hydrogens (primary N) is 1. The number of rotatable bonds is 8. The zero-order valence-electron chi connectivity index (χ0n) is 12.6. The number of nitrogens with one attached hydrogen (secondary N) is 1. The average molecular weight is 295 g/mol. The Morgan fingerprint density at radius 2 is 1.90 bits per heavy atom. The molecule has 0 fully saturated rings. The number of anilines is 2. The van der Waals surface area contributed by atoms with E-state index in [-0.39, 0.29) is 11.2 Å². The van der Waals surface area contributed by atoms with Crippen LogP contribution in [0.3, 0.4) is 0 Å². The molecular formula is C15H25N3OS. The molecule has 0 aliphatic heterocycles. The summed E-state index contributed by atoms with van der Waals surface area (Å²) >= 11 is 1.69. The summed E-state index contributed by atoms with van der Waals surface area (Å²) in [4.78, 5) is 14.4. The first-order valence-corrected chi connectivity index (χ1v) is 8.12. The fourth-order valence-electron chi connectivity index (χ4n) is 1.78. The Labute approximate surface area is 126 Å². The standard InChI is InChI=1S/C15H25N3OS/c1-4-18(5-2)10-11-20-12(3)15(19)17-14-8-6-13(16)7-9-14/h6-9,12H,4-5,10-11,16H2,1-3H3,(H,17,19). The lowest BCUT2D eigenvalue weighted by Gasteiger charge is -2.19. The Morgan fingerprint density at radius 1 is 1.30 bits per heavy atom. The van der Waals surface area contributed by atoms with Crippen molar-refractivity contribution in [1.29, 1.82) is 0 Å². The molecule has 0 saturated heterocycles. The van der Waals surface area contributed by atoms with Crippen LogP contribution in [0.15, 0.2) is 24.3 Å². The fraction of sp³-hybridized carbons (Fsp3) is 0.533. The normalized spacial score (nSPS) is 12.4. The van der Waals surface area contributed by atoms with Crippen LogP contribution in [-0.4, -0.2) is 41.4 Å². The fourth-order valence-corrected chi connectivity index (χ4v) is 2.71. The Balaban J connectivity index is 2.33. The van der Waals surface area contributed by atoms with Gasteiger partial charge in [-0.15, -0.1) is 11.8 Å². The maximum absolute atomic E-state index is 12.0. The van der Waals surface area contributed by atoms with Crippen LogP contribution in [0.1, 0.15) is 20.8 Å². The maximum Gasteiger partial charge on any atom is 0.237 e. The largest absolute Gasteiger partial charge is 0.399 e. The number of carbonyl (C=O) groups excluding carboxylic acids is 1. The second-order valence-corrected chi connectivity index (χ2v) is 6.10. The summed E-state index contributed by atoms with van der Waals surface area (Å²) in [5, 5.41) is 2.85. The minimum absolute atomic E-state index is 0.0410. The van der Waals surface area contributed by atoms with Crippen LogP contribution in [0.4, 0.5) is 11.4 Å². The Bertz CT molecular complexity index is 404. The van der Waals surface area contributed by atoms with Crippen molar-refractivity contribution in [2.75, 3.05) is 36.4 Å². The molecule has 1 unspecified atom stereocenters. The van der Waals surface area contributed by atoms with E-state index in [4.69, 9.17) is 5.73 Å². The van der Waals surface area contributed by atoms with E-state index in [0.29, 0.717) is 5.69 Å². The van der Waals surface area contributed by atoms with Crippen LogP contribution in [-0.2, 0) is 4.79 Å². The van der Waals surface area contributed by atoms with E-state index in [0.717, 1.165) is 31.1 Å². The van der Waals surface area contributed by atoms with Crippen molar-refractivity contribution < 1.29 is 4.79 Å². The van der Waals surface area contributed by atoms with Gasteiger partial charge < -0.3 is 16.0 Å². The molecule has 3 N–H and O–H groups in total. The van der Waals surface area contributed by atoms with Gasteiger partial charge in [-0.1, -0.05) is 13.8 Å². The third-order valence-electron chi connectivity index (χ3n) is 3.22. The molecule has 1 rings (SSSR count). The molecule has 1 aromatic rings. The second-order valence-electron chi connectivity index (χ2n) is 4.65. The molecule has 0 bridgehead atoms. The zero-order chi connectivity index (χ0) is 15.0. The van der Waals surface area contributed by atoms with Crippen LogP contribution in [0.25, 0.3) is 0 Å². The van der Waals surface area contributed by atoms with E-state index in [1.165, 1.54) is 0 Å². The quantitative estimate of drug-likeness (QED) is 0.724. The number of carbonyl (C=O) groups is 1. The molecule has 112 valence electrons. The van der Waals surface area contributed by atoms with Gasteiger partial charge in [-0.2, -0.15) is 0 Å². The molecule has 0 aromatic heterocycles. The van der Waals surface area contributed by atoms with E-state index in [9.17, 15) is 4.79 Å². The van der Waals surface area contributed by atoms with Crippen molar-refractivity contribution >= 4 is 29.0 Å². The van der Waals surface area contributed by atoms with E-state index >= 15 is 0 Å². The Morgan fingerprint density at radius 3 is 2.45 bits per heavy atom. The zero-order valence-corrected chi connectivity index (χ0v) is 13.4. The van der Waals surface area contributed by atoms with Gasteiger partial charge in [0, 0.05) is 23.7 Å². The maximum atomic E-state index is 12.0. The van der Waals surface area contributed by atoms with Gasteiger partial charge in [-0.05, 0) is 44.3 Å². The van der Waals surface area contributed by atoms with Crippen LogP contribution in [0.5, 0.6) is 0 Å². The summed E-state index contributed by atoms with van der Waals surface area (Å²) in [6.07, 6.45) is 0. The van der Waals surface area contributed by atoms with E-state index in [1.54, 1.807) is 23.9 Å². The Hall–Kier alpha value is -1.20. The Kier molecular flexibility index (Phi) is 7.47. The first-order valence-electron chi connectivity index (χ1n) is 7.07. The van der Waals surface area contributed by atoms with Gasteiger partial charge in [0.15, 0.2) is 0 Å². The molecule has 4 nitrogen and oxygen atoms in total. The predicted octanol–water partition coefficient (Wildman–Crippen LogP) is 2.67. The number of nitrogen functional groups attached to an aromatic ring is 1. The number of hydrogen-bond acceptors (Lipinski definition) is 4. The van der Waals surface area contributed by atoms with Crippen molar-refractivity contribution in [3.63, 3.8) is 0 Å². The van der Waals surface area contributed by atoms with E-state index in [1.807, 2.05) is 19.1 Å². The lowest BCUT2D eigenvalue weighted by atomic mass is 10.3. The number of thioether (sulfide) groups is 1. The molecule has 0 heterocycles. The van der Waals surface area contributed by atoms with Crippen LogP contribution in [0, 0.1) is 0 Å². The lowest BCUT2D eigenvalue weighted by Crippen LogP contribution is -2.28. The molecule has 1 aromatic carbocycles. The summed E-state index contributed by atoms with van der Waals surface area (Å²) in [6.45, 7) is 9.40. The minimum atomic E-state index is -0.0527. The second kappa shape index (κ2) is 8.87. The van der Waals surface area contributed by atoms with E-state index in [2.05, 4.69) is 24.1 Å². The van der Waals surface area contributed by atoms with Crippen LogP contribution in [0.2, 0.25) is 0 Å². The molecule has 1 atom stereocenters. The topological polar surface area (TPSA) is 58.4 Å². The number of amides is 1. The first kappa shape index (κ1) is 16.9. The molecule has 5 heteroatoms. The molecule has 0 saturated carbocycles. The smallest absolute Gasteiger partial charge is 0.237 e. The van der Waals surface area contributed by atoms with Gasteiger partial charge in [0.25, 0.3) is 0 Å². The summed E-state index contributed by atoms with van der Waals surface area (Å²) in [7, 11) is 0. The minimum Gasteiger partial charge on any atom is -0.399 e. The monoisotopic (exact) mass is 295 g/mol. The number of benzene rings is 1. The van der Waals surface area contributed by atoms with Crippen molar-refractivity contribution in [2.45, 2.75) is 26.0 Å². The number of hydrogen-bond donors (Lipinski definition) is 2. The average Bonchev–Trinajstić information content (AvgIpc) is 2.45. The third-order valence-corrected chi connectivity index (χ3v) is 4.35. The van der Waals surface area contributed by atoms with Crippen molar-refractivity contribution in [1.82, 2.24) is 4.90 Å². The highest BCUT2D eigenvalue weighted by molar-refractivity contribution is 8.00. The number of nitrogens with zero attached hydrogens (tertiary/aromatic N) is 1. The van der Waals surface area contributed by atoms with Gasteiger partial charge in [-0.3, -0.25) is 4.79 Å². The highest BCUT2D eigenvalue weighted by atomic mass is 32.2.